The van der Waals surface area contributed by atoms with Crippen molar-refractivity contribution in [2.24, 2.45) is 0 Å². The highest BCUT2D eigenvalue weighted by Gasteiger charge is 2.08. The number of aromatic nitrogens is 4. The van der Waals surface area contributed by atoms with Crippen molar-refractivity contribution in [3.8, 4) is 6.07 Å². The molecule has 0 saturated heterocycles. The van der Waals surface area contributed by atoms with Gasteiger partial charge < -0.3 is 9.13 Å². The maximum atomic E-state index is 8.86. The van der Waals surface area contributed by atoms with Gasteiger partial charge in [-0.15, -0.1) is 0 Å². The Kier molecular flexibility index (Phi) is 2.73. The van der Waals surface area contributed by atoms with Crippen LogP contribution in [0.25, 0.3) is 0 Å². The van der Waals surface area contributed by atoms with Crippen LogP contribution in [0.3, 0.4) is 0 Å². The van der Waals surface area contributed by atoms with Crippen molar-refractivity contribution in [1.82, 2.24) is 19.1 Å². The van der Waals surface area contributed by atoms with Crippen molar-refractivity contribution in [2.45, 2.75) is 26.4 Å². The summed E-state index contributed by atoms with van der Waals surface area (Å²) in [5.74, 6) is 0.427. The monoisotopic (exact) mass is 215 g/mol. The molecule has 0 N–H and O–H groups in total. The molecule has 2 aromatic rings. The van der Waals surface area contributed by atoms with E-state index in [-0.39, 0.29) is 0 Å². The van der Waals surface area contributed by atoms with Gasteiger partial charge in [0.2, 0.25) is 5.82 Å². The Hall–Kier alpha value is -2.09. The van der Waals surface area contributed by atoms with E-state index in [1.54, 1.807) is 12.4 Å². The summed E-state index contributed by atoms with van der Waals surface area (Å²) >= 11 is 0. The molecule has 0 aromatic carbocycles. The van der Waals surface area contributed by atoms with Gasteiger partial charge >= 0.3 is 0 Å². The number of imidazole rings is 2. The molecular weight excluding hydrogens is 202 g/mol. The first-order valence-corrected chi connectivity index (χ1v) is 5.14. The van der Waals surface area contributed by atoms with Crippen LogP contribution in [-0.4, -0.2) is 19.1 Å². The van der Waals surface area contributed by atoms with Crippen LogP contribution < -0.4 is 0 Å². The minimum Gasteiger partial charge on any atom is -0.330 e. The van der Waals surface area contributed by atoms with Crippen LogP contribution in [0.4, 0.5) is 0 Å². The van der Waals surface area contributed by atoms with E-state index in [0.29, 0.717) is 18.4 Å². The van der Waals surface area contributed by atoms with Crippen molar-refractivity contribution in [1.29, 1.82) is 5.26 Å². The third-order valence-electron chi connectivity index (χ3n) is 2.45. The van der Waals surface area contributed by atoms with Crippen molar-refractivity contribution >= 4 is 0 Å². The number of hydrogen-bond donors (Lipinski definition) is 0. The molecule has 2 heterocycles. The Morgan fingerprint density at radius 2 is 2.31 bits per heavy atom. The maximum Gasteiger partial charge on any atom is 0.213 e. The van der Waals surface area contributed by atoms with Crippen molar-refractivity contribution < 1.29 is 0 Å². The molecule has 2 aromatic heterocycles. The number of nitrogens with zero attached hydrogens (tertiary/aromatic N) is 5. The van der Waals surface area contributed by atoms with Crippen LogP contribution in [0.1, 0.15) is 31.4 Å². The highest BCUT2D eigenvalue weighted by atomic mass is 15.1. The largest absolute Gasteiger partial charge is 0.330 e. The summed E-state index contributed by atoms with van der Waals surface area (Å²) in [5.41, 5.74) is 1.07. The normalized spacial score (nSPS) is 10.6. The van der Waals surface area contributed by atoms with E-state index in [9.17, 15) is 0 Å². The quantitative estimate of drug-likeness (QED) is 0.781. The molecule has 0 radical (unpaired) electrons. The number of nitriles is 1. The Balaban J connectivity index is 2.28. The van der Waals surface area contributed by atoms with E-state index in [4.69, 9.17) is 5.26 Å². The molecule has 0 bridgehead atoms. The van der Waals surface area contributed by atoms with Crippen LogP contribution in [0.5, 0.6) is 0 Å². The standard InChI is InChI=1S/C11H13N5/c1-9(2)16-8-13-6-10(16)7-15-4-3-14-11(15)5-12/h3-4,6,8-9H,7H2,1-2H3. The summed E-state index contributed by atoms with van der Waals surface area (Å²) in [7, 11) is 0. The Morgan fingerprint density at radius 1 is 1.50 bits per heavy atom. The third-order valence-corrected chi connectivity index (χ3v) is 2.45. The molecule has 0 aliphatic rings. The molecule has 0 fully saturated rings. The van der Waals surface area contributed by atoms with Crippen molar-refractivity contribution in [2.75, 3.05) is 0 Å². The number of hydrogen-bond acceptors (Lipinski definition) is 3. The van der Waals surface area contributed by atoms with Gasteiger partial charge in [-0.3, -0.25) is 0 Å². The first-order chi connectivity index (χ1) is 7.72. The molecular formula is C11H13N5. The first kappa shape index (κ1) is 10.4. The topological polar surface area (TPSA) is 59.4 Å². The van der Waals surface area contributed by atoms with Crippen LogP contribution in [-0.2, 0) is 6.54 Å². The molecule has 0 aliphatic carbocycles. The molecule has 0 saturated carbocycles. The molecule has 0 aliphatic heterocycles. The van der Waals surface area contributed by atoms with Crippen LogP contribution in [0.2, 0.25) is 0 Å². The summed E-state index contributed by atoms with van der Waals surface area (Å²) < 4.78 is 3.90. The van der Waals surface area contributed by atoms with E-state index in [2.05, 4.69) is 34.5 Å². The highest BCUT2D eigenvalue weighted by Crippen LogP contribution is 2.11. The van der Waals surface area contributed by atoms with Crippen LogP contribution in [0, 0.1) is 11.3 Å². The zero-order chi connectivity index (χ0) is 11.5. The maximum absolute atomic E-state index is 8.86. The molecule has 5 heteroatoms. The molecule has 2 rings (SSSR count). The second-order valence-corrected chi connectivity index (χ2v) is 3.88. The molecule has 0 unspecified atom stereocenters. The second-order valence-electron chi connectivity index (χ2n) is 3.88. The molecule has 5 nitrogen and oxygen atoms in total. The van der Waals surface area contributed by atoms with E-state index in [0.717, 1.165) is 5.69 Å². The predicted molar refractivity (Wildman–Crippen MR) is 58.7 cm³/mol. The van der Waals surface area contributed by atoms with Gasteiger partial charge in [0.1, 0.15) is 6.07 Å². The van der Waals surface area contributed by atoms with Gasteiger partial charge in [0.15, 0.2) is 0 Å². The van der Waals surface area contributed by atoms with Crippen molar-refractivity contribution in [3.63, 3.8) is 0 Å². The highest BCUT2D eigenvalue weighted by molar-refractivity contribution is 5.13. The van der Waals surface area contributed by atoms with Crippen LogP contribution in [0.15, 0.2) is 24.9 Å². The van der Waals surface area contributed by atoms with E-state index in [1.165, 1.54) is 0 Å². The summed E-state index contributed by atoms with van der Waals surface area (Å²) in [6.45, 7) is 4.83. The average Bonchev–Trinajstić information content (AvgIpc) is 2.86. The lowest BCUT2D eigenvalue weighted by Crippen LogP contribution is -2.09. The van der Waals surface area contributed by atoms with E-state index < -0.39 is 0 Å². The average molecular weight is 215 g/mol. The minimum absolute atomic E-state index is 0.367. The van der Waals surface area contributed by atoms with Crippen molar-refractivity contribution in [3.05, 3.63) is 36.4 Å². The molecule has 0 atom stereocenters. The van der Waals surface area contributed by atoms with Gasteiger partial charge in [-0.1, -0.05) is 0 Å². The summed E-state index contributed by atoms with van der Waals surface area (Å²) in [6, 6.07) is 2.43. The van der Waals surface area contributed by atoms with Gasteiger partial charge in [0.25, 0.3) is 0 Å². The fourth-order valence-electron chi connectivity index (χ4n) is 1.64. The zero-order valence-corrected chi connectivity index (χ0v) is 9.33. The summed E-state index contributed by atoms with van der Waals surface area (Å²) in [6.07, 6.45) is 7.06. The molecule has 0 spiro atoms. The lowest BCUT2D eigenvalue weighted by molar-refractivity contribution is 0.560. The second kappa shape index (κ2) is 4.19. The predicted octanol–water partition coefficient (Wildman–Crippen LogP) is 1.58. The third kappa shape index (κ3) is 1.82. The fraction of sp³-hybridized carbons (Fsp3) is 0.364. The van der Waals surface area contributed by atoms with Gasteiger partial charge in [-0.2, -0.15) is 5.26 Å². The van der Waals surface area contributed by atoms with E-state index in [1.807, 2.05) is 17.1 Å². The van der Waals surface area contributed by atoms with E-state index >= 15 is 0 Å². The molecule has 16 heavy (non-hydrogen) atoms. The minimum atomic E-state index is 0.367. The van der Waals surface area contributed by atoms with Gasteiger partial charge in [0.05, 0.1) is 18.6 Å². The van der Waals surface area contributed by atoms with Crippen LogP contribution >= 0.6 is 0 Å². The first-order valence-electron chi connectivity index (χ1n) is 5.14. The summed E-state index contributed by atoms with van der Waals surface area (Å²) in [5, 5.41) is 8.86. The molecule has 82 valence electrons. The Bertz CT molecular complexity index is 514. The van der Waals surface area contributed by atoms with Gasteiger partial charge in [-0.05, 0) is 13.8 Å². The number of rotatable bonds is 3. The molecule has 0 amide bonds. The van der Waals surface area contributed by atoms with Gasteiger partial charge in [0, 0.05) is 24.6 Å². The lowest BCUT2D eigenvalue weighted by Gasteiger charge is -2.12. The Morgan fingerprint density at radius 3 is 3.00 bits per heavy atom. The summed E-state index contributed by atoms with van der Waals surface area (Å²) in [4.78, 5) is 8.09. The van der Waals surface area contributed by atoms with Gasteiger partial charge in [-0.25, -0.2) is 9.97 Å². The zero-order valence-electron chi connectivity index (χ0n) is 9.33. The fourth-order valence-corrected chi connectivity index (χ4v) is 1.64. The smallest absolute Gasteiger partial charge is 0.213 e. The lowest BCUT2D eigenvalue weighted by atomic mass is 10.3. The SMILES string of the molecule is CC(C)n1cncc1Cn1ccnc1C#N. The Labute approximate surface area is 94.0 Å².